The van der Waals surface area contributed by atoms with E-state index in [1.54, 1.807) is 7.11 Å². The average molecular weight is 383 g/mol. The number of aromatic carboxylic acids is 1. The highest BCUT2D eigenvalue weighted by Crippen LogP contribution is 2.43. The lowest BCUT2D eigenvalue weighted by Gasteiger charge is -2.34. The van der Waals surface area contributed by atoms with Gasteiger partial charge in [-0.15, -0.1) is 0 Å². The zero-order chi connectivity index (χ0) is 20.0. The number of hydrogen-bond acceptors (Lipinski definition) is 4. The summed E-state index contributed by atoms with van der Waals surface area (Å²) in [7, 11) is 1.61. The normalized spacial score (nSPS) is 18.2. The van der Waals surface area contributed by atoms with Gasteiger partial charge in [0.15, 0.2) is 16.9 Å². The molecule has 4 rings (SSSR count). The minimum Gasteiger partial charge on any atom is -0.493 e. The zero-order valence-electron chi connectivity index (χ0n) is 16.4. The zero-order valence-corrected chi connectivity index (χ0v) is 16.4. The largest absolute Gasteiger partial charge is 0.493 e. The minimum absolute atomic E-state index is 0.0612. The van der Waals surface area contributed by atoms with Crippen LogP contribution in [0.3, 0.4) is 0 Å². The first-order valence-corrected chi connectivity index (χ1v) is 9.76. The number of aromatic nitrogens is 1. The van der Waals surface area contributed by atoms with Gasteiger partial charge in [0, 0.05) is 23.9 Å². The summed E-state index contributed by atoms with van der Waals surface area (Å²) >= 11 is 0. The highest BCUT2D eigenvalue weighted by Gasteiger charge is 2.30. The molecule has 1 aliphatic heterocycles. The number of carbonyl (C=O) groups is 1. The molecule has 0 spiro atoms. The van der Waals surface area contributed by atoms with Gasteiger partial charge in [-0.2, -0.15) is 0 Å². The molecule has 0 amide bonds. The number of hydrogen-bond donors (Lipinski definition) is 1. The summed E-state index contributed by atoms with van der Waals surface area (Å²) in [5.41, 5.74) is 2.03. The standard InChI is InChI=1S/C22H25NO5/c1-12(2)17-7-13-8-21(28-14-5-4-6-14)20(27-3)9-15(13)18-10-19(24)16(22(25)26)11-23(17)18/h8-12,14,17H,4-7H2,1-3H3,(H,25,26)/t17-/m0/s1. The minimum atomic E-state index is -1.20. The van der Waals surface area contributed by atoms with E-state index in [9.17, 15) is 14.7 Å². The number of carboxylic acid groups (broad SMARTS) is 1. The molecule has 0 radical (unpaired) electrons. The molecule has 1 saturated carbocycles. The lowest BCUT2D eigenvalue weighted by atomic mass is 9.87. The topological polar surface area (TPSA) is 77.8 Å². The fourth-order valence-corrected chi connectivity index (χ4v) is 4.01. The number of methoxy groups -OCH3 is 1. The van der Waals surface area contributed by atoms with Crippen LogP contribution in [0.15, 0.2) is 29.2 Å². The van der Waals surface area contributed by atoms with E-state index in [2.05, 4.69) is 13.8 Å². The van der Waals surface area contributed by atoms with Crippen molar-refractivity contribution in [2.24, 2.45) is 5.92 Å². The fourth-order valence-electron chi connectivity index (χ4n) is 4.01. The number of fused-ring (bicyclic) bond motifs is 3. The molecule has 2 aliphatic rings. The SMILES string of the molecule is COc1cc2c(cc1OC1CCC1)C[C@@H](C(C)C)n1cc(C(=O)O)c(=O)cc1-2. The second kappa shape index (κ2) is 7.00. The Hall–Kier alpha value is -2.76. The van der Waals surface area contributed by atoms with Gasteiger partial charge in [0.2, 0.25) is 0 Å². The van der Waals surface area contributed by atoms with Crippen LogP contribution in [0, 0.1) is 5.92 Å². The summed E-state index contributed by atoms with van der Waals surface area (Å²) in [6.07, 6.45) is 5.78. The average Bonchev–Trinajstić information content (AvgIpc) is 2.62. The number of nitrogens with zero attached hydrogens (tertiary/aromatic N) is 1. The first-order valence-electron chi connectivity index (χ1n) is 9.76. The molecule has 6 nitrogen and oxygen atoms in total. The van der Waals surface area contributed by atoms with Gasteiger partial charge in [0.1, 0.15) is 5.56 Å². The Kier molecular flexibility index (Phi) is 4.65. The van der Waals surface area contributed by atoms with Gasteiger partial charge in [0.05, 0.1) is 18.9 Å². The van der Waals surface area contributed by atoms with E-state index in [1.807, 2.05) is 16.7 Å². The lowest BCUT2D eigenvalue weighted by molar-refractivity contribution is 0.0694. The molecule has 1 aromatic heterocycles. The second-order valence-electron chi connectivity index (χ2n) is 8.00. The summed E-state index contributed by atoms with van der Waals surface area (Å²) in [5, 5.41) is 9.37. The van der Waals surface area contributed by atoms with Crippen molar-refractivity contribution >= 4 is 5.97 Å². The molecular formula is C22H25NO5. The van der Waals surface area contributed by atoms with Crippen LogP contribution in [0.1, 0.15) is 55.1 Å². The highest BCUT2D eigenvalue weighted by atomic mass is 16.5. The van der Waals surface area contributed by atoms with Gasteiger partial charge in [-0.3, -0.25) is 4.79 Å². The highest BCUT2D eigenvalue weighted by molar-refractivity contribution is 5.87. The first kappa shape index (κ1) is 18.6. The van der Waals surface area contributed by atoms with Crippen LogP contribution in [-0.2, 0) is 6.42 Å². The number of carboxylic acids is 1. The Balaban J connectivity index is 1.88. The quantitative estimate of drug-likeness (QED) is 0.847. The van der Waals surface area contributed by atoms with Gasteiger partial charge in [0.25, 0.3) is 0 Å². The summed E-state index contributed by atoms with van der Waals surface area (Å²) in [4.78, 5) is 23.8. The van der Waals surface area contributed by atoms with E-state index in [4.69, 9.17) is 9.47 Å². The maximum atomic E-state index is 12.4. The predicted molar refractivity (Wildman–Crippen MR) is 105 cm³/mol. The predicted octanol–water partition coefficient (Wildman–Crippen LogP) is 3.91. The van der Waals surface area contributed by atoms with Gasteiger partial charge in [-0.25, -0.2) is 4.79 Å². The van der Waals surface area contributed by atoms with Crippen molar-refractivity contribution in [1.82, 2.24) is 4.57 Å². The van der Waals surface area contributed by atoms with Crippen molar-refractivity contribution in [3.8, 4) is 22.8 Å². The van der Waals surface area contributed by atoms with Crippen molar-refractivity contribution in [2.75, 3.05) is 7.11 Å². The van der Waals surface area contributed by atoms with Crippen LogP contribution in [0.5, 0.6) is 11.5 Å². The van der Waals surface area contributed by atoms with Crippen LogP contribution in [0.2, 0.25) is 0 Å². The van der Waals surface area contributed by atoms with Gasteiger partial charge >= 0.3 is 5.97 Å². The second-order valence-corrected chi connectivity index (χ2v) is 8.00. The van der Waals surface area contributed by atoms with Crippen LogP contribution in [0.4, 0.5) is 0 Å². The molecule has 28 heavy (non-hydrogen) atoms. The monoisotopic (exact) mass is 383 g/mol. The lowest BCUT2D eigenvalue weighted by Crippen LogP contribution is -2.28. The van der Waals surface area contributed by atoms with Crippen LogP contribution in [-0.4, -0.2) is 28.9 Å². The van der Waals surface area contributed by atoms with Crippen LogP contribution in [0.25, 0.3) is 11.3 Å². The number of pyridine rings is 1. The Bertz CT molecular complexity index is 987. The summed E-state index contributed by atoms with van der Waals surface area (Å²) in [6, 6.07) is 5.43. The molecule has 2 heterocycles. The molecule has 6 heteroatoms. The van der Waals surface area contributed by atoms with E-state index in [-0.39, 0.29) is 23.6 Å². The third kappa shape index (κ3) is 3.07. The molecule has 2 aromatic rings. The van der Waals surface area contributed by atoms with E-state index in [1.165, 1.54) is 18.7 Å². The fraction of sp³-hybridized carbons (Fsp3) is 0.455. The third-order valence-corrected chi connectivity index (χ3v) is 5.88. The molecule has 148 valence electrons. The molecule has 0 unspecified atom stereocenters. The van der Waals surface area contributed by atoms with Gasteiger partial charge in [-0.1, -0.05) is 13.8 Å². The molecule has 1 atom stereocenters. The molecule has 0 bridgehead atoms. The Morgan fingerprint density at radius 3 is 2.54 bits per heavy atom. The van der Waals surface area contributed by atoms with Crippen LogP contribution >= 0.6 is 0 Å². The summed E-state index contributed by atoms with van der Waals surface area (Å²) in [6.45, 7) is 4.21. The van der Waals surface area contributed by atoms with Crippen molar-refractivity contribution in [2.45, 2.75) is 51.7 Å². The smallest absolute Gasteiger partial charge is 0.341 e. The van der Waals surface area contributed by atoms with E-state index in [0.29, 0.717) is 5.75 Å². The number of ether oxygens (including phenoxy) is 2. The van der Waals surface area contributed by atoms with Crippen molar-refractivity contribution in [3.05, 3.63) is 45.7 Å². The van der Waals surface area contributed by atoms with E-state index in [0.717, 1.165) is 41.8 Å². The Labute approximate surface area is 163 Å². The Morgan fingerprint density at radius 1 is 1.21 bits per heavy atom. The summed E-state index contributed by atoms with van der Waals surface area (Å²) in [5.74, 6) is 0.450. The third-order valence-electron chi connectivity index (χ3n) is 5.88. The maximum absolute atomic E-state index is 12.4. The van der Waals surface area contributed by atoms with E-state index < -0.39 is 11.4 Å². The molecule has 1 aliphatic carbocycles. The molecular weight excluding hydrogens is 358 g/mol. The first-order chi connectivity index (χ1) is 13.4. The maximum Gasteiger partial charge on any atom is 0.341 e. The summed E-state index contributed by atoms with van der Waals surface area (Å²) < 4.78 is 13.6. The number of rotatable bonds is 5. The van der Waals surface area contributed by atoms with Gasteiger partial charge < -0.3 is 19.1 Å². The molecule has 1 N–H and O–H groups in total. The van der Waals surface area contributed by atoms with E-state index >= 15 is 0 Å². The number of benzene rings is 1. The Morgan fingerprint density at radius 2 is 1.96 bits per heavy atom. The molecule has 1 aromatic carbocycles. The van der Waals surface area contributed by atoms with Crippen molar-refractivity contribution in [3.63, 3.8) is 0 Å². The van der Waals surface area contributed by atoms with Crippen molar-refractivity contribution < 1.29 is 19.4 Å². The van der Waals surface area contributed by atoms with Crippen molar-refractivity contribution in [1.29, 1.82) is 0 Å². The van der Waals surface area contributed by atoms with Gasteiger partial charge in [-0.05, 0) is 49.3 Å². The van der Waals surface area contributed by atoms with Crippen LogP contribution < -0.4 is 14.9 Å². The molecule has 0 saturated heterocycles. The molecule has 1 fully saturated rings.